The molecule has 5 rings (SSSR count). The monoisotopic (exact) mass is 358 g/mol. The number of nitrogens with zero attached hydrogens (tertiary/aromatic N) is 2. The number of carbonyl (C=O) groups is 1. The lowest BCUT2D eigenvalue weighted by Crippen LogP contribution is -2.13. The second-order valence-corrected chi connectivity index (χ2v) is 6.70. The molecule has 1 unspecified atom stereocenters. The molecule has 0 radical (unpaired) electrons. The van der Waals surface area contributed by atoms with Crippen LogP contribution >= 0.6 is 0 Å². The summed E-state index contributed by atoms with van der Waals surface area (Å²) in [7, 11) is 0. The number of rotatable bonds is 3. The molecule has 1 fully saturated rings. The Morgan fingerprint density at radius 2 is 2.00 bits per heavy atom. The highest BCUT2D eigenvalue weighted by Gasteiger charge is 2.21. The van der Waals surface area contributed by atoms with Crippen LogP contribution in [0.3, 0.4) is 0 Å². The number of carbonyl (C=O) groups excluding carboxylic acids is 1. The number of anilines is 1. The van der Waals surface area contributed by atoms with Crippen LogP contribution in [0.25, 0.3) is 21.9 Å². The van der Waals surface area contributed by atoms with Gasteiger partial charge in [-0.2, -0.15) is 0 Å². The Morgan fingerprint density at radius 3 is 2.89 bits per heavy atom. The summed E-state index contributed by atoms with van der Waals surface area (Å²) in [4.78, 5) is 24.9. The van der Waals surface area contributed by atoms with E-state index >= 15 is 0 Å². The molecule has 27 heavy (non-hydrogen) atoms. The average molecular weight is 358 g/mol. The van der Waals surface area contributed by atoms with E-state index in [1.54, 1.807) is 6.07 Å². The van der Waals surface area contributed by atoms with E-state index in [0.29, 0.717) is 11.4 Å². The van der Waals surface area contributed by atoms with Crippen molar-refractivity contribution in [2.45, 2.75) is 18.9 Å². The van der Waals surface area contributed by atoms with E-state index < -0.39 is 0 Å². The zero-order valence-corrected chi connectivity index (χ0v) is 14.6. The quantitative estimate of drug-likeness (QED) is 0.575. The number of fused-ring (bicyclic) bond motifs is 2. The molecule has 0 bridgehead atoms. The molecule has 3 heterocycles. The largest absolute Gasteiger partial charge is 0.370 e. The van der Waals surface area contributed by atoms with Gasteiger partial charge in [-0.1, -0.05) is 24.3 Å². The van der Waals surface area contributed by atoms with Crippen molar-refractivity contribution in [3.8, 4) is 0 Å². The fraction of sp³-hybridized carbons (Fsp3) is 0.190. The molecule has 1 aliphatic rings. The number of pyridine rings is 1. The topological polar surface area (TPSA) is 79.9 Å². The Hall–Kier alpha value is -3.25. The zero-order chi connectivity index (χ0) is 18.2. The highest BCUT2D eigenvalue weighted by Crippen LogP contribution is 2.28. The predicted octanol–water partition coefficient (Wildman–Crippen LogP) is 4.21. The van der Waals surface area contributed by atoms with Gasteiger partial charge >= 0.3 is 0 Å². The molecular weight excluding hydrogens is 340 g/mol. The van der Waals surface area contributed by atoms with Gasteiger partial charge in [-0.15, -0.1) is 0 Å². The molecule has 1 saturated heterocycles. The fourth-order valence-electron chi connectivity index (χ4n) is 3.44. The third-order valence-electron chi connectivity index (χ3n) is 4.82. The minimum absolute atomic E-state index is 0.0391. The predicted molar refractivity (Wildman–Crippen MR) is 104 cm³/mol. The molecule has 1 atom stereocenters. The molecule has 134 valence electrons. The van der Waals surface area contributed by atoms with Gasteiger partial charge in [0.2, 0.25) is 0 Å². The van der Waals surface area contributed by atoms with E-state index in [1.807, 2.05) is 48.5 Å². The lowest BCUT2D eigenvalue weighted by molar-refractivity contribution is 0.102. The van der Waals surface area contributed by atoms with Crippen molar-refractivity contribution in [3.05, 3.63) is 66.1 Å². The first kappa shape index (κ1) is 16.0. The number of para-hydroxylation sites is 1. The summed E-state index contributed by atoms with van der Waals surface area (Å²) in [5, 5.41) is 3.92. The Kier molecular flexibility index (Phi) is 3.83. The first-order chi connectivity index (χ1) is 13.3. The van der Waals surface area contributed by atoms with Gasteiger partial charge in [0.25, 0.3) is 5.91 Å². The molecule has 0 saturated carbocycles. The number of amides is 1. The van der Waals surface area contributed by atoms with Crippen LogP contribution in [0.2, 0.25) is 0 Å². The number of imidazole rings is 1. The standard InChI is InChI=1S/C21H18N4O2/c26-21(17-9-7-13-4-1-2-5-15(13)23-17)22-14-8-10-16-18(12-14)25-20(24-16)19-6-3-11-27-19/h1-2,4-5,7-10,12,19H,3,6,11H2,(H,22,26)(H,24,25). The van der Waals surface area contributed by atoms with Crippen LogP contribution in [0.4, 0.5) is 5.69 Å². The van der Waals surface area contributed by atoms with Gasteiger partial charge in [0.15, 0.2) is 0 Å². The van der Waals surface area contributed by atoms with Gasteiger partial charge in [-0.25, -0.2) is 9.97 Å². The van der Waals surface area contributed by atoms with Crippen molar-refractivity contribution in [2.24, 2.45) is 0 Å². The molecule has 2 N–H and O–H groups in total. The van der Waals surface area contributed by atoms with E-state index in [-0.39, 0.29) is 12.0 Å². The first-order valence-electron chi connectivity index (χ1n) is 9.05. The summed E-state index contributed by atoms with van der Waals surface area (Å²) in [5.74, 6) is 0.612. The normalized spacial score (nSPS) is 16.8. The minimum Gasteiger partial charge on any atom is -0.370 e. The molecule has 0 spiro atoms. The van der Waals surface area contributed by atoms with Gasteiger partial charge < -0.3 is 15.0 Å². The maximum absolute atomic E-state index is 12.6. The summed E-state index contributed by atoms with van der Waals surface area (Å²) in [6, 6.07) is 17.0. The van der Waals surface area contributed by atoms with Crippen LogP contribution in [-0.4, -0.2) is 27.5 Å². The maximum Gasteiger partial charge on any atom is 0.274 e. The Labute approximate surface area is 155 Å². The number of benzene rings is 2. The molecular formula is C21H18N4O2. The fourth-order valence-corrected chi connectivity index (χ4v) is 3.44. The van der Waals surface area contributed by atoms with Gasteiger partial charge in [0, 0.05) is 17.7 Å². The van der Waals surface area contributed by atoms with Gasteiger partial charge in [0.05, 0.1) is 16.6 Å². The van der Waals surface area contributed by atoms with Gasteiger partial charge in [-0.3, -0.25) is 4.79 Å². The molecule has 4 aromatic rings. The zero-order valence-electron chi connectivity index (χ0n) is 14.6. The van der Waals surface area contributed by atoms with Crippen molar-refractivity contribution in [1.29, 1.82) is 0 Å². The lowest BCUT2D eigenvalue weighted by Gasteiger charge is -2.06. The van der Waals surface area contributed by atoms with Crippen molar-refractivity contribution in [3.63, 3.8) is 0 Å². The van der Waals surface area contributed by atoms with Crippen LogP contribution in [0.15, 0.2) is 54.6 Å². The maximum atomic E-state index is 12.6. The van der Waals surface area contributed by atoms with Crippen molar-refractivity contribution in [1.82, 2.24) is 15.0 Å². The summed E-state index contributed by atoms with van der Waals surface area (Å²) < 4.78 is 5.68. The Balaban J connectivity index is 1.40. The van der Waals surface area contributed by atoms with Crippen LogP contribution < -0.4 is 5.32 Å². The first-order valence-corrected chi connectivity index (χ1v) is 9.05. The highest BCUT2D eigenvalue weighted by atomic mass is 16.5. The third-order valence-corrected chi connectivity index (χ3v) is 4.82. The Morgan fingerprint density at radius 1 is 1.07 bits per heavy atom. The third kappa shape index (κ3) is 3.04. The van der Waals surface area contributed by atoms with Crippen LogP contribution in [0.5, 0.6) is 0 Å². The number of nitrogens with one attached hydrogen (secondary N) is 2. The van der Waals surface area contributed by atoms with E-state index in [0.717, 1.165) is 47.2 Å². The van der Waals surface area contributed by atoms with E-state index in [4.69, 9.17) is 4.74 Å². The van der Waals surface area contributed by atoms with Gasteiger partial charge in [0.1, 0.15) is 17.6 Å². The van der Waals surface area contributed by atoms with Crippen molar-refractivity contribution < 1.29 is 9.53 Å². The van der Waals surface area contributed by atoms with E-state index in [1.165, 1.54) is 0 Å². The summed E-state index contributed by atoms with van der Waals surface area (Å²) in [6.07, 6.45) is 2.08. The van der Waals surface area contributed by atoms with Crippen LogP contribution in [-0.2, 0) is 4.74 Å². The second kappa shape index (κ2) is 6.48. The molecule has 6 nitrogen and oxygen atoms in total. The van der Waals surface area contributed by atoms with Crippen molar-refractivity contribution >= 4 is 33.5 Å². The number of ether oxygens (including phenoxy) is 1. The van der Waals surface area contributed by atoms with E-state index in [2.05, 4.69) is 20.3 Å². The number of hydrogen-bond donors (Lipinski definition) is 2. The molecule has 2 aromatic heterocycles. The van der Waals surface area contributed by atoms with E-state index in [9.17, 15) is 4.79 Å². The summed E-state index contributed by atoms with van der Waals surface area (Å²) in [6.45, 7) is 0.780. The SMILES string of the molecule is O=C(Nc1ccc2nc(C3CCCO3)[nH]c2c1)c1ccc2ccccc2n1. The van der Waals surface area contributed by atoms with Gasteiger partial charge in [-0.05, 0) is 43.2 Å². The number of H-pyrrole nitrogens is 1. The van der Waals surface area contributed by atoms with Crippen LogP contribution in [0.1, 0.15) is 35.3 Å². The summed E-state index contributed by atoms with van der Waals surface area (Å²) in [5.41, 5.74) is 3.63. The number of aromatic nitrogens is 3. The van der Waals surface area contributed by atoms with Crippen molar-refractivity contribution in [2.75, 3.05) is 11.9 Å². The second-order valence-electron chi connectivity index (χ2n) is 6.70. The molecule has 1 aliphatic heterocycles. The average Bonchev–Trinajstić information content (AvgIpc) is 3.36. The minimum atomic E-state index is -0.237. The smallest absolute Gasteiger partial charge is 0.274 e. The molecule has 2 aromatic carbocycles. The summed E-state index contributed by atoms with van der Waals surface area (Å²) >= 11 is 0. The number of hydrogen-bond acceptors (Lipinski definition) is 4. The van der Waals surface area contributed by atoms with Crippen LogP contribution in [0, 0.1) is 0 Å². The Bertz CT molecular complexity index is 1150. The highest BCUT2D eigenvalue weighted by molar-refractivity contribution is 6.04. The lowest BCUT2D eigenvalue weighted by atomic mass is 10.2. The number of aromatic amines is 1. The molecule has 1 amide bonds. The molecule has 6 heteroatoms. The molecule has 0 aliphatic carbocycles.